The van der Waals surface area contributed by atoms with E-state index in [0.717, 1.165) is 5.75 Å². The molecule has 82 valence electrons. The molecule has 6 heteroatoms. The number of urea groups is 1. The summed E-state index contributed by atoms with van der Waals surface area (Å²) < 4.78 is 0. The van der Waals surface area contributed by atoms with E-state index >= 15 is 0 Å². The molecule has 3 N–H and O–H groups in total. The average molecular weight is 220 g/mol. The van der Waals surface area contributed by atoms with Gasteiger partial charge in [-0.3, -0.25) is 10.1 Å². The van der Waals surface area contributed by atoms with Crippen molar-refractivity contribution < 1.29 is 14.7 Å². The number of hydrogen-bond donors (Lipinski definition) is 3. The zero-order valence-electron chi connectivity index (χ0n) is 8.21. The van der Waals surface area contributed by atoms with Crippen LogP contribution in [0.25, 0.3) is 0 Å². The van der Waals surface area contributed by atoms with Crippen molar-refractivity contribution in [1.82, 2.24) is 10.6 Å². The number of nitrogens with one attached hydrogen (secondary N) is 2. The lowest BCUT2D eigenvalue weighted by molar-refractivity contribution is -0.117. The summed E-state index contributed by atoms with van der Waals surface area (Å²) in [7, 11) is 0. The Balaban J connectivity index is 3.40. The summed E-state index contributed by atoms with van der Waals surface area (Å²) in [6.07, 6.45) is 0.666. The Morgan fingerprint density at radius 2 is 2.14 bits per heavy atom. The molecule has 3 amide bonds. The first kappa shape index (κ1) is 13.2. The number of rotatable bonds is 6. The van der Waals surface area contributed by atoms with Gasteiger partial charge in [-0.15, -0.1) is 0 Å². The first-order chi connectivity index (χ1) is 6.70. The summed E-state index contributed by atoms with van der Waals surface area (Å²) in [4.78, 5) is 21.9. The molecule has 0 aliphatic rings. The number of carbonyl (C=O) groups is 2. The third-order valence-corrected chi connectivity index (χ3v) is 2.31. The third-order valence-electron chi connectivity index (χ3n) is 1.27. The first-order valence-corrected chi connectivity index (χ1v) is 5.62. The standard InChI is InChI=1S/C8H16N2O3S/c1-2-9-8(13)10-7(12)6-14-5-3-4-11/h11H,2-6H2,1H3,(H2,9,10,12,13). The molecule has 0 bridgehead atoms. The van der Waals surface area contributed by atoms with Gasteiger partial charge in [0.1, 0.15) is 0 Å². The molecule has 0 saturated heterocycles. The summed E-state index contributed by atoms with van der Waals surface area (Å²) in [5, 5.41) is 13.1. The van der Waals surface area contributed by atoms with Crippen LogP contribution in [0.1, 0.15) is 13.3 Å². The van der Waals surface area contributed by atoms with Crippen LogP contribution in [-0.4, -0.2) is 41.7 Å². The number of aliphatic hydroxyl groups is 1. The number of imide groups is 1. The molecule has 0 spiro atoms. The summed E-state index contributed by atoms with van der Waals surface area (Å²) >= 11 is 1.39. The fourth-order valence-electron chi connectivity index (χ4n) is 0.699. The van der Waals surface area contributed by atoms with Crippen LogP contribution in [0, 0.1) is 0 Å². The second-order valence-electron chi connectivity index (χ2n) is 2.54. The van der Waals surface area contributed by atoms with Gasteiger partial charge in [-0.05, 0) is 19.1 Å². The minimum atomic E-state index is -0.458. The number of aliphatic hydroxyl groups excluding tert-OH is 1. The van der Waals surface area contributed by atoms with Crippen molar-refractivity contribution in [1.29, 1.82) is 0 Å². The largest absolute Gasteiger partial charge is 0.396 e. The van der Waals surface area contributed by atoms with E-state index in [9.17, 15) is 9.59 Å². The summed E-state index contributed by atoms with van der Waals surface area (Å²) in [6, 6.07) is -0.458. The minimum absolute atomic E-state index is 0.130. The molecule has 0 aromatic heterocycles. The van der Waals surface area contributed by atoms with Crippen LogP contribution in [0.5, 0.6) is 0 Å². The van der Waals surface area contributed by atoms with Gasteiger partial charge < -0.3 is 10.4 Å². The molecule has 0 aliphatic carbocycles. The number of carbonyl (C=O) groups excluding carboxylic acids is 2. The molecule has 0 rings (SSSR count). The Bertz CT molecular complexity index is 187. The SMILES string of the molecule is CCNC(=O)NC(=O)CSCCCO. The van der Waals surface area contributed by atoms with Gasteiger partial charge in [-0.2, -0.15) is 11.8 Å². The smallest absolute Gasteiger partial charge is 0.321 e. The van der Waals surface area contributed by atoms with E-state index in [2.05, 4.69) is 10.6 Å². The van der Waals surface area contributed by atoms with Gasteiger partial charge in [-0.1, -0.05) is 0 Å². The van der Waals surface area contributed by atoms with Gasteiger partial charge in [0.2, 0.25) is 5.91 Å². The van der Waals surface area contributed by atoms with E-state index in [0.29, 0.717) is 13.0 Å². The normalized spacial score (nSPS) is 9.57. The third kappa shape index (κ3) is 7.88. The van der Waals surface area contributed by atoms with Gasteiger partial charge in [0.05, 0.1) is 5.75 Å². The maximum atomic E-state index is 11.0. The van der Waals surface area contributed by atoms with E-state index < -0.39 is 6.03 Å². The molecule has 0 aliphatic heterocycles. The second-order valence-corrected chi connectivity index (χ2v) is 3.64. The van der Waals surface area contributed by atoms with Crippen molar-refractivity contribution in [3.05, 3.63) is 0 Å². The Kier molecular flexibility index (Phi) is 8.36. The van der Waals surface area contributed by atoms with Crippen LogP contribution in [0.2, 0.25) is 0 Å². The number of thioether (sulfide) groups is 1. The van der Waals surface area contributed by atoms with Crippen LogP contribution >= 0.6 is 11.8 Å². The quantitative estimate of drug-likeness (QED) is 0.548. The molecule has 0 aromatic carbocycles. The molecule has 0 heterocycles. The Hall–Kier alpha value is -0.750. The fourth-order valence-corrected chi connectivity index (χ4v) is 1.43. The second kappa shape index (κ2) is 8.83. The van der Waals surface area contributed by atoms with E-state index in [1.54, 1.807) is 6.92 Å². The molecule has 0 saturated carbocycles. The molecule has 14 heavy (non-hydrogen) atoms. The number of amides is 3. The fraction of sp³-hybridized carbons (Fsp3) is 0.750. The minimum Gasteiger partial charge on any atom is -0.396 e. The lowest BCUT2D eigenvalue weighted by atomic mass is 10.5. The predicted molar refractivity (Wildman–Crippen MR) is 56.2 cm³/mol. The topological polar surface area (TPSA) is 78.4 Å². The van der Waals surface area contributed by atoms with Crippen molar-refractivity contribution in [3.8, 4) is 0 Å². The van der Waals surface area contributed by atoms with Gasteiger partial charge in [0, 0.05) is 13.2 Å². The lowest BCUT2D eigenvalue weighted by Crippen LogP contribution is -2.40. The summed E-state index contributed by atoms with van der Waals surface area (Å²) in [6.45, 7) is 2.40. The highest BCUT2D eigenvalue weighted by Gasteiger charge is 2.05. The zero-order valence-corrected chi connectivity index (χ0v) is 9.02. The molecule has 0 aromatic rings. The average Bonchev–Trinajstić information content (AvgIpc) is 2.13. The van der Waals surface area contributed by atoms with E-state index in [1.807, 2.05) is 0 Å². The first-order valence-electron chi connectivity index (χ1n) is 4.47. The molecule has 5 nitrogen and oxygen atoms in total. The van der Waals surface area contributed by atoms with E-state index in [-0.39, 0.29) is 18.3 Å². The monoisotopic (exact) mass is 220 g/mol. The predicted octanol–water partition coefficient (Wildman–Crippen LogP) is -0.0523. The Morgan fingerprint density at radius 1 is 1.43 bits per heavy atom. The highest BCUT2D eigenvalue weighted by atomic mass is 32.2. The van der Waals surface area contributed by atoms with Gasteiger partial charge in [0.25, 0.3) is 0 Å². The van der Waals surface area contributed by atoms with Crippen LogP contribution in [-0.2, 0) is 4.79 Å². The molecule has 0 radical (unpaired) electrons. The maximum Gasteiger partial charge on any atom is 0.321 e. The lowest BCUT2D eigenvalue weighted by Gasteiger charge is -2.03. The molecule has 0 atom stereocenters. The highest BCUT2D eigenvalue weighted by molar-refractivity contribution is 7.99. The molecule has 0 unspecified atom stereocenters. The van der Waals surface area contributed by atoms with Crippen molar-refractivity contribution in [2.45, 2.75) is 13.3 Å². The van der Waals surface area contributed by atoms with Crippen molar-refractivity contribution in [2.24, 2.45) is 0 Å². The molecular formula is C8H16N2O3S. The number of hydrogen-bond acceptors (Lipinski definition) is 4. The van der Waals surface area contributed by atoms with E-state index in [4.69, 9.17) is 5.11 Å². The Labute approximate surface area is 87.6 Å². The Morgan fingerprint density at radius 3 is 2.71 bits per heavy atom. The van der Waals surface area contributed by atoms with Crippen molar-refractivity contribution in [3.63, 3.8) is 0 Å². The van der Waals surface area contributed by atoms with Crippen LogP contribution < -0.4 is 10.6 Å². The summed E-state index contributed by atoms with van der Waals surface area (Å²) in [5.74, 6) is 0.662. The van der Waals surface area contributed by atoms with Crippen molar-refractivity contribution in [2.75, 3.05) is 24.7 Å². The zero-order chi connectivity index (χ0) is 10.8. The van der Waals surface area contributed by atoms with E-state index in [1.165, 1.54) is 11.8 Å². The van der Waals surface area contributed by atoms with Gasteiger partial charge >= 0.3 is 6.03 Å². The van der Waals surface area contributed by atoms with Crippen molar-refractivity contribution >= 4 is 23.7 Å². The van der Waals surface area contributed by atoms with Crippen LogP contribution in [0.4, 0.5) is 4.79 Å². The van der Waals surface area contributed by atoms with Crippen LogP contribution in [0.15, 0.2) is 0 Å². The maximum absolute atomic E-state index is 11.0. The molecule has 0 fully saturated rings. The van der Waals surface area contributed by atoms with Gasteiger partial charge in [-0.25, -0.2) is 4.79 Å². The highest BCUT2D eigenvalue weighted by Crippen LogP contribution is 2.00. The summed E-state index contributed by atoms with van der Waals surface area (Å²) in [5.41, 5.74) is 0. The van der Waals surface area contributed by atoms with Crippen LogP contribution in [0.3, 0.4) is 0 Å². The van der Waals surface area contributed by atoms with Gasteiger partial charge in [0.15, 0.2) is 0 Å². The molecular weight excluding hydrogens is 204 g/mol.